The summed E-state index contributed by atoms with van der Waals surface area (Å²) in [6, 6.07) is 9.46. The zero-order valence-corrected chi connectivity index (χ0v) is 18.4. The molecule has 2 aromatic rings. The maximum Gasteiger partial charge on any atom is 0.345 e. The van der Waals surface area contributed by atoms with E-state index in [1.54, 1.807) is 6.20 Å². The summed E-state index contributed by atoms with van der Waals surface area (Å²) in [4.78, 5) is 31.3. The summed E-state index contributed by atoms with van der Waals surface area (Å²) in [6.45, 7) is 0. The predicted molar refractivity (Wildman–Crippen MR) is 123 cm³/mol. The van der Waals surface area contributed by atoms with Crippen molar-refractivity contribution in [2.24, 2.45) is 11.7 Å². The van der Waals surface area contributed by atoms with Crippen molar-refractivity contribution in [2.75, 3.05) is 0 Å². The molecule has 0 saturated heterocycles. The van der Waals surface area contributed by atoms with Crippen LogP contribution in [0.4, 0.5) is 0 Å². The molecule has 0 bridgehead atoms. The molecule has 0 radical (unpaired) electrons. The number of amides is 1. The number of carbonyl (C=O) groups is 1. The fourth-order valence-corrected chi connectivity index (χ4v) is 4.72. The van der Waals surface area contributed by atoms with Crippen LogP contribution in [-0.2, 0) is 17.6 Å². The van der Waals surface area contributed by atoms with E-state index in [4.69, 9.17) is 5.73 Å². The number of nitrogens with zero attached hydrogens (tertiary/aromatic N) is 2. The third-order valence-electron chi connectivity index (χ3n) is 6.98. The average Bonchev–Trinajstić information content (AvgIpc) is 2.77. The molecular weight excluding hydrogens is 402 g/mol. The molecule has 0 unspecified atom stereocenters. The predicted octanol–water partition coefficient (Wildman–Crippen LogP) is 2.99. The first kappa shape index (κ1) is 22.2. The van der Waals surface area contributed by atoms with E-state index in [9.17, 15) is 14.9 Å². The normalized spacial score (nSPS) is 18.9. The second-order valence-corrected chi connectivity index (χ2v) is 9.35. The van der Waals surface area contributed by atoms with Crippen LogP contribution in [0.2, 0.25) is 0 Å². The minimum atomic E-state index is -0.856. The lowest BCUT2D eigenvalue weighted by molar-refractivity contribution is -0.127. The molecule has 7 nitrogen and oxygen atoms in total. The Labute approximate surface area is 188 Å². The summed E-state index contributed by atoms with van der Waals surface area (Å²) in [5, 5.41) is 12.4. The topological polar surface area (TPSA) is 125 Å². The number of hydrogen-bond donors (Lipinski definition) is 3. The van der Waals surface area contributed by atoms with Crippen molar-refractivity contribution in [3.05, 3.63) is 52.2 Å². The Morgan fingerprint density at radius 1 is 1.22 bits per heavy atom. The molecule has 2 aliphatic rings. The van der Waals surface area contributed by atoms with E-state index in [0.29, 0.717) is 25.2 Å². The number of nitrogens with one attached hydrogen (secondary N) is 2. The first-order chi connectivity index (χ1) is 15.5. The molecule has 2 aliphatic carbocycles. The molecule has 32 heavy (non-hydrogen) atoms. The quantitative estimate of drug-likeness (QED) is 0.619. The Hall–Kier alpha value is -2.98. The summed E-state index contributed by atoms with van der Waals surface area (Å²) in [7, 11) is 0. The van der Waals surface area contributed by atoms with Gasteiger partial charge in [-0.1, -0.05) is 62.8 Å². The molecule has 1 aromatic carbocycles. The van der Waals surface area contributed by atoms with Gasteiger partial charge in [-0.3, -0.25) is 4.79 Å². The SMILES string of the molecule is N#C[C@H](Cc1ccc(-c2cnc(=O)[nH]c2CC2CCC2)cc1)NC(=O)C1(N)CCCCC1. The van der Waals surface area contributed by atoms with Gasteiger partial charge in [-0.15, -0.1) is 0 Å². The van der Waals surface area contributed by atoms with E-state index >= 15 is 0 Å². The number of hydrogen-bond acceptors (Lipinski definition) is 5. The molecular formula is C25H31N5O2. The fraction of sp³-hybridized carbons (Fsp3) is 0.520. The van der Waals surface area contributed by atoms with Crippen LogP contribution in [0.5, 0.6) is 0 Å². The van der Waals surface area contributed by atoms with E-state index in [-0.39, 0.29) is 11.6 Å². The highest BCUT2D eigenvalue weighted by molar-refractivity contribution is 5.86. The first-order valence-electron chi connectivity index (χ1n) is 11.6. The van der Waals surface area contributed by atoms with Crippen molar-refractivity contribution in [1.29, 1.82) is 5.26 Å². The second kappa shape index (κ2) is 9.66. The smallest absolute Gasteiger partial charge is 0.338 e. The number of nitrogens with two attached hydrogens (primary N) is 1. The summed E-state index contributed by atoms with van der Waals surface area (Å²) in [5.41, 5.74) is 8.94. The lowest BCUT2D eigenvalue weighted by atomic mass is 9.81. The lowest BCUT2D eigenvalue weighted by Crippen LogP contribution is -2.57. The molecule has 0 spiro atoms. The molecule has 1 heterocycles. The average molecular weight is 434 g/mol. The van der Waals surface area contributed by atoms with Gasteiger partial charge in [0.1, 0.15) is 6.04 Å². The number of aromatic amines is 1. The summed E-state index contributed by atoms with van der Waals surface area (Å²) < 4.78 is 0. The first-order valence-corrected chi connectivity index (χ1v) is 11.6. The van der Waals surface area contributed by atoms with Crippen LogP contribution in [0.25, 0.3) is 11.1 Å². The molecule has 168 valence electrons. The number of H-pyrrole nitrogens is 1. The fourth-order valence-electron chi connectivity index (χ4n) is 4.72. The highest BCUT2D eigenvalue weighted by Gasteiger charge is 2.36. The van der Waals surface area contributed by atoms with Gasteiger partial charge in [0, 0.05) is 23.9 Å². The van der Waals surface area contributed by atoms with Crippen molar-refractivity contribution in [3.8, 4) is 17.2 Å². The molecule has 4 N–H and O–H groups in total. The van der Waals surface area contributed by atoms with Crippen molar-refractivity contribution >= 4 is 5.91 Å². The van der Waals surface area contributed by atoms with Crippen LogP contribution in [0, 0.1) is 17.2 Å². The summed E-state index contributed by atoms with van der Waals surface area (Å²) in [5.74, 6) is 0.404. The summed E-state index contributed by atoms with van der Waals surface area (Å²) >= 11 is 0. The minimum absolute atomic E-state index is 0.222. The van der Waals surface area contributed by atoms with Crippen LogP contribution < -0.4 is 16.7 Å². The van der Waals surface area contributed by atoms with E-state index in [0.717, 1.165) is 48.1 Å². The van der Waals surface area contributed by atoms with Gasteiger partial charge >= 0.3 is 5.69 Å². The largest absolute Gasteiger partial charge is 0.345 e. The zero-order valence-electron chi connectivity index (χ0n) is 18.4. The Morgan fingerprint density at radius 2 is 1.94 bits per heavy atom. The Bertz CT molecular complexity index is 1040. The number of carbonyl (C=O) groups excluding carboxylic acids is 1. The number of aromatic nitrogens is 2. The third kappa shape index (κ3) is 5.08. The van der Waals surface area contributed by atoms with E-state index in [1.165, 1.54) is 19.3 Å². The van der Waals surface area contributed by atoms with Gasteiger partial charge in [0.15, 0.2) is 0 Å². The lowest BCUT2D eigenvalue weighted by Gasteiger charge is -2.32. The number of nitriles is 1. The van der Waals surface area contributed by atoms with Gasteiger partial charge < -0.3 is 16.0 Å². The van der Waals surface area contributed by atoms with Crippen molar-refractivity contribution in [2.45, 2.75) is 75.8 Å². The van der Waals surface area contributed by atoms with Crippen LogP contribution in [0.1, 0.15) is 62.6 Å². The van der Waals surface area contributed by atoms with Gasteiger partial charge in [-0.2, -0.15) is 5.26 Å². The highest BCUT2D eigenvalue weighted by Crippen LogP contribution is 2.32. The zero-order chi connectivity index (χ0) is 22.6. The molecule has 2 saturated carbocycles. The van der Waals surface area contributed by atoms with Crippen LogP contribution in [0.15, 0.2) is 35.3 Å². The van der Waals surface area contributed by atoms with Crippen molar-refractivity contribution < 1.29 is 4.79 Å². The molecule has 1 amide bonds. The van der Waals surface area contributed by atoms with E-state index in [2.05, 4.69) is 21.4 Å². The standard InChI is InChI=1S/C25H31N5O2/c26-15-20(29-23(31)25(27)11-2-1-3-12-25)13-18-7-9-19(10-8-18)21-16-28-24(32)30-22(21)14-17-5-4-6-17/h7-10,16-17,20H,1-6,11-14,27H2,(H,29,31)(H,28,30,32)/t20-/m0/s1. The number of benzene rings is 1. The van der Waals surface area contributed by atoms with Gasteiger partial charge in [-0.05, 0) is 36.3 Å². The van der Waals surface area contributed by atoms with Crippen LogP contribution in [0.3, 0.4) is 0 Å². The Kier molecular flexibility index (Phi) is 6.71. The third-order valence-corrected chi connectivity index (χ3v) is 6.98. The molecule has 1 aromatic heterocycles. The van der Waals surface area contributed by atoms with Crippen LogP contribution >= 0.6 is 0 Å². The van der Waals surface area contributed by atoms with Gasteiger partial charge in [0.2, 0.25) is 5.91 Å². The minimum Gasteiger partial charge on any atom is -0.338 e. The van der Waals surface area contributed by atoms with Gasteiger partial charge in [0.25, 0.3) is 0 Å². The maximum atomic E-state index is 12.7. The molecule has 2 fully saturated rings. The second-order valence-electron chi connectivity index (χ2n) is 9.35. The number of rotatable bonds is 7. The Balaban J connectivity index is 1.44. The summed E-state index contributed by atoms with van der Waals surface area (Å²) in [6.07, 6.45) is 10.9. The van der Waals surface area contributed by atoms with E-state index in [1.807, 2.05) is 24.3 Å². The van der Waals surface area contributed by atoms with Gasteiger partial charge in [0.05, 0.1) is 11.6 Å². The monoisotopic (exact) mass is 433 g/mol. The van der Waals surface area contributed by atoms with Crippen molar-refractivity contribution in [1.82, 2.24) is 15.3 Å². The maximum absolute atomic E-state index is 12.7. The van der Waals surface area contributed by atoms with Gasteiger partial charge in [-0.25, -0.2) is 9.78 Å². The Morgan fingerprint density at radius 3 is 2.56 bits per heavy atom. The highest BCUT2D eigenvalue weighted by atomic mass is 16.2. The van der Waals surface area contributed by atoms with Crippen molar-refractivity contribution in [3.63, 3.8) is 0 Å². The molecule has 4 rings (SSSR count). The van der Waals surface area contributed by atoms with E-state index < -0.39 is 11.6 Å². The van der Waals surface area contributed by atoms with Crippen LogP contribution in [-0.4, -0.2) is 27.5 Å². The molecule has 1 atom stereocenters. The molecule has 0 aliphatic heterocycles. The molecule has 7 heteroatoms.